The second-order valence-electron chi connectivity index (χ2n) is 10.4. The molecule has 0 amide bonds. The van der Waals surface area contributed by atoms with Gasteiger partial charge < -0.3 is 14.4 Å². The van der Waals surface area contributed by atoms with E-state index >= 15 is 0 Å². The Morgan fingerprint density at radius 1 is 1.13 bits per heavy atom. The van der Waals surface area contributed by atoms with E-state index in [4.69, 9.17) is 9.47 Å². The molecule has 1 saturated heterocycles. The Morgan fingerprint density at radius 2 is 1.94 bits per heavy atom. The van der Waals surface area contributed by atoms with Gasteiger partial charge in [-0.3, -0.25) is 4.79 Å². The monoisotopic (exact) mass is 423 g/mol. The number of likely N-dealkylation sites (tertiary alicyclic amines) is 1. The highest BCUT2D eigenvalue weighted by Crippen LogP contribution is 2.47. The van der Waals surface area contributed by atoms with E-state index in [2.05, 4.69) is 41.3 Å². The van der Waals surface area contributed by atoms with E-state index in [0.717, 1.165) is 44.6 Å². The maximum Gasteiger partial charge on any atom is 0.307 e. The highest BCUT2D eigenvalue weighted by Gasteiger charge is 2.41. The van der Waals surface area contributed by atoms with Crippen molar-refractivity contribution in [2.24, 2.45) is 0 Å². The van der Waals surface area contributed by atoms with Gasteiger partial charge in [-0.15, -0.1) is 0 Å². The number of hydrogen-bond donors (Lipinski definition) is 0. The molecule has 2 aliphatic carbocycles. The summed E-state index contributed by atoms with van der Waals surface area (Å²) in [5.41, 5.74) is 4.29. The highest BCUT2D eigenvalue weighted by molar-refractivity contribution is 5.70. The van der Waals surface area contributed by atoms with Crippen LogP contribution in [0.5, 0.6) is 5.75 Å². The first-order chi connectivity index (χ1) is 14.8. The molecule has 1 aromatic rings. The lowest BCUT2D eigenvalue weighted by Crippen LogP contribution is -2.42. The van der Waals surface area contributed by atoms with Crippen LogP contribution in [0.3, 0.4) is 0 Å². The lowest BCUT2D eigenvalue weighted by Gasteiger charge is -2.40. The SMILES string of the molecule is CC(C)(C)OC(=O)CCN1CCC2(CCc3cc(OCC4=CC=CCC4)ccc32)CC1. The minimum Gasteiger partial charge on any atom is -0.489 e. The Hall–Kier alpha value is -2.07. The number of nitrogens with zero attached hydrogens (tertiary/aromatic N) is 1. The smallest absolute Gasteiger partial charge is 0.307 e. The van der Waals surface area contributed by atoms with Gasteiger partial charge in [-0.05, 0) is 107 Å². The Bertz CT molecular complexity index is 854. The minimum atomic E-state index is -0.399. The quantitative estimate of drug-likeness (QED) is 0.578. The van der Waals surface area contributed by atoms with Crippen molar-refractivity contribution in [3.8, 4) is 5.75 Å². The first kappa shape index (κ1) is 22.1. The molecule has 0 bridgehead atoms. The lowest BCUT2D eigenvalue weighted by molar-refractivity contribution is -0.155. The zero-order valence-electron chi connectivity index (χ0n) is 19.4. The van der Waals surface area contributed by atoms with Crippen molar-refractivity contribution in [1.29, 1.82) is 0 Å². The van der Waals surface area contributed by atoms with Gasteiger partial charge in [-0.1, -0.05) is 24.3 Å². The maximum absolute atomic E-state index is 12.0. The predicted octanol–water partition coefficient (Wildman–Crippen LogP) is 5.35. The first-order valence-corrected chi connectivity index (χ1v) is 11.9. The molecule has 0 saturated carbocycles. The van der Waals surface area contributed by atoms with Gasteiger partial charge in [0.05, 0.1) is 6.42 Å². The van der Waals surface area contributed by atoms with Crippen molar-refractivity contribution in [2.45, 2.75) is 76.7 Å². The normalized spacial score (nSPS) is 20.4. The van der Waals surface area contributed by atoms with Gasteiger partial charge in [0.25, 0.3) is 0 Å². The van der Waals surface area contributed by atoms with Crippen LogP contribution in [0, 0.1) is 0 Å². The van der Waals surface area contributed by atoms with Gasteiger partial charge in [-0.2, -0.15) is 0 Å². The average molecular weight is 424 g/mol. The summed E-state index contributed by atoms with van der Waals surface area (Å²) in [6.07, 6.45) is 14.0. The van der Waals surface area contributed by atoms with E-state index in [-0.39, 0.29) is 5.97 Å². The Labute approximate surface area is 187 Å². The average Bonchev–Trinajstić information content (AvgIpc) is 3.09. The summed E-state index contributed by atoms with van der Waals surface area (Å²) in [6, 6.07) is 6.77. The number of benzene rings is 1. The van der Waals surface area contributed by atoms with E-state index in [9.17, 15) is 4.79 Å². The molecule has 1 heterocycles. The summed E-state index contributed by atoms with van der Waals surface area (Å²) in [5, 5.41) is 0. The number of ether oxygens (including phenoxy) is 2. The second-order valence-corrected chi connectivity index (χ2v) is 10.4. The fourth-order valence-electron chi connectivity index (χ4n) is 5.21. The summed E-state index contributed by atoms with van der Waals surface area (Å²) < 4.78 is 11.6. The molecule has 4 nitrogen and oxygen atoms in total. The van der Waals surface area contributed by atoms with Crippen molar-refractivity contribution >= 4 is 5.97 Å². The van der Waals surface area contributed by atoms with Crippen LogP contribution >= 0.6 is 0 Å². The van der Waals surface area contributed by atoms with E-state index < -0.39 is 5.60 Å². The third kappa shape index (κ3) is 5.60. The topological polar surface area (TPSA) is 38.8 Å². The Balaban J connectivity index is 1.30. The van der Waals surface area contributed by atoms with Gasteiger partial charge in [0.2, 0.25) is 0 Å². The van der Waals surface area contributed by atoms with Gasteiger partial charge in [0.1, 0.15) is 18.0 Å². The van der Waals surface area contributed by atoms with Crippen molar-refractivity contribution in [2.75, 3.05) is 26.2 Å². The maximum atomic E-state index is 12.0. The van der Waals surface area contributed by atoms with Crippen molar-refractivity contribution in [1.82, 2.24) is 4.90 Å². The molecule has 0 unspecified atom stereocenters. The van der Waals surface area contributed by atoms with Crippen molar-refractivity contribution in [3.05, 3.63) is 53.1 Å². The van der Waals surface area contributed by atoms with Crippen LogP contribution in [0.1, 0.15) is 70.4 Å². The number of piperidine rings is 1. The lowest BCUT2D eigenvalue weighted by atomic mass is 9.74. The third-order valence-corrected chi connectivity index (χ3v) is 6.91. The number of aryl methyl sites for hydroxylation is 1. The zero-order valence-corrected chi connectivity index (χ0v) is 19.4. The third-order valence-electron chi connectivity index (χ3n) is 6.91. The standard InChI is InChI=1S/C27H37NO3/c1-26(2,3)31-25(29)12-16-28-17-14-27(15-18-28)13-11-22-19-23(9-10-24(22)27)30-20-21-7-5-4-6-8-21/h4-5,7,9-10,19H,6,8,11-18,20H2,1-3H3. The molecule has 0 aromatic heterocycles. The first-order valence-electron chi connectivity index (χ1n) is 11.9. The number of allylic oxidation sites excluding steroid dienone is 3. The number of hydrogen-bond acceptors (Lipinski definition) is 4. The van der Waals surface area contributed by atoms with Crippen LogP contribution in [0.4, 0.5) is 0 Å². The van der Waals surface area contributed by atoms with Crippen LogP contribution in [0.2, 0.25) is 0 Å². The highest BCUT2D eigenvalue weighted by atomic mass is 16.6. The van der Waals surface area contributed by atoms with Crippen LogP contribution in [0.25, 0.3) is 0 Å². The molecule has 4 heteroatoms. The molecule has 168 valence electrons. The summed E-state index contributed by atoms with van der Waals surface area (Å²) in [7, 11) is 0. The van der Waals surface area contributed by atoms with E-state index in [1.807, 2.05) is 20.8 Å². The van der Waals surface area contributed by atoms with Crippen LogP contribution in [-0.2, 0) is 21.4 Å². The van der Waals surface area contributed by atoms with Gasteiger partial charge in [0.15, 0.2) is 0 Å². The predicted molar refractivity (Wildman–Crippen MR) is 125 cm³/mol. The van der Waals surface area contributed by atoms with Crippen molar-refractivity contribution < 1.29 is 14.3 Å². The summed E-state index contributed by atoms with van der Waals surface area (Å²) in [4.78, 5) is 14.5. The number of carbonyl (C=O) groups excluding carboxylic acids is 1. The molecule has 0 N–H and O–H groups in total. The zero-order chi connectivity index (χ0) is 21.9. The summed E-state index contributed by atoms with van der Waals surface area (Å²) in [6.45, 7) is 9.39. The van der Waals surface area contributed by atoms with E-state index in [1.54, 1.807) is 0 Å². The molecule has 1 aromatic carbocycles. The van der Waals surface area contributed by atoms with Crippen LogP contribution in [0.15, 0.2) is 42.0 Å². The van der Waals surface area contributed by atoms with Crippen LogP contribution < -0.4 is 4.74 Å². The van der Waals surface area contributed by atoms with E-state index in [1.165, 1.54) is 36.0 Å². The Morgan fingerprint density at radius 3 is 2.65 bits per heavy atom. The van der Waals surface area contributed by atoms with Crippen molar-refractivity contribution in [3.63, 3.8) is 0 Å². The fraction of sp³-hybridized carbons (Fsp3) is 0.593. The molecule has 0 atom stereocenters. The molecule has 1 aliphatic heterocycles. The fourth-order valence-corrected chi connectivity index (χ4v) is 5.21. The molecular weight excluding hydrogens is 386 g/mol. The molecule has 1 fully saturated rings. The molecule has 4 rings (SSSR count). The van der Waals surface area contributed by atoms with Crippen LogP contribution in [-0.4, -0.2) is 42.7 Å². The summed E-state index contributed by atoms with van der Waals surface area (Å²) in [5.74, 6) is 0.910. The number of esters is 1. The minimum absolute atomic E-state index is 0.0912. The largest absolute Gasteiger partial charge is 0.489 e. The number of fused-ring (bicyclic) bond motifs is 2. The van der Waals surface area contributed by atoms with Gasteiger partial charge in [-0.25, -0.2) is 0 Å². The second kappa shape index (κ2) is 9.20. The molecule has 31 heavy (non-hydrogen) atoms. The molecular formula is C27H37NO3. The Kier molecular flexibility index (Phi) is 6.57. The van der Waals surface area contributed by atoms with Gasteiger partial charge >= 0.3 is 5.97 Å². The molecule has 1 spiro atoms. The van der Waals surface area contributed by atoms with Gasteiger partial charge in [0, 0.05) is 6.54 Å². The summed E-state index contributed by atoms with van der Waals surface area (Å²) >= 11 is 0. The molecule has 3 aliphatic rings. The molecule has 0 radical (unpaired) electrons. The van der Waals surface area contributed by atoms with E-state index in [0.29, 0.717) is 18.4 Å². The number of carbonyl (C=O) groups is 1. The number of rotatable bonds is 6.